The first-order chi connectivity index (χ1) is 13.9. The number of aliphatic imine (C=N–C) groups is 2. The van der Waals surface area contributed by atoms with E-state index in [0.717, 1.165) is 17.7 Å². The van der Waals surface area contributed by atoms with Crippen LogP contribution in [0.25, 0.3) is 0 Å². The van der Waals surface area contributed by atoms with Gasteiger partial charge in [-0.25, -0.2) is 9.79 Å². The molecular weight excluding hydrogens is 392 g/mol. The van der Waals surface area contributed by atoms with Crippen LogP contribution in [0, 0.1) is 11.8 Å². The van der Waals surface area contributed by atoms with Crippen molar-refractivity contribution in [2.75, 3.05) is 27.0 Å². The van der Waals surface area contributed by atoms with E-state index in [2.05, 4.69) is 9.98 Å². The highest BCUT2D eigenvalue weighted by molar-refractivity contribution is 8.14. The minimum absolute atomic E-state index is 0.0709. The zero-order chi connectivity index (χ0) is 20.7. The molecule has 1 aromatic carbocycles. The number of amides is 3. The number of imide groups is 1. The minimum atomic E-state index is -0.751. The summed E-state index contributed by atoms with van der Waals surface area (Å²) in [5.74, 6) is 0.930. The van der Waals surface area contributed by atoms with Crippen molar-refractivity contribution in [3.05, 3.63) is 29.8 Å². The fourth-order valence-corrected chi connectivity index (χ4v) is 4.21. The number of rotatable bonds is 5. The molecule has 0 radical (unpaired) electrons. The van der Waals surface area contributed by atoms with Crippen LogP contribution in [0.5, 0.6) is 5.75 Å². The molecular formula is C20H21N4O4S+. The van der Waals surface area contributed by atoms with E-state index in [-0.39, 0.29) is 23.4 Å². The molecule has 3 aliphatic rings. The van der Waals surface area contributed by atoms with Gasteiger partial charge >= 0.3 is 11.9 Å². The average molecular weight is 413 g/mol. The zero-order valence-corrected chi connectivity index (χ0v) is 17.2. The van der Waals surface area contributed by atoms with Gasteiger partial charge in [-0.1, -0.05) is 4.99 Å². The zero-order valence-electron chi connectivity index (χ0n) is 16.4. The molecule has 3 amide bonds. The van der Waals surface area contributed by atoms with E-state index in [9.17, 15) is 14.4 Å². The third kappa shape index (κ3) is 3.62. The molecule has 150 valence electrons. The monoisotopic (exact) mass is 413 g/mol. The Morgan fingerprint density at radius 3 is 2.55 bits per heavy atom. The third-order valence-electron chi connectivity index (χ3n) is 5.16. The number of ether oxygens (including phenoxy) is 1. The first kappa shape index (κ1) is 19.5. The van der Waals surface area contributed by atoms with Crippen LogP contribution in [0.3, 0.4) is 0 Å². The Kier molecular flexibility index (Phi) is 5.08. The number of thioether (sulfide) groups is 1. The summed E-state index contributed by atoms with van der Waals surface area (Å²) in [5.41, 5.74) is 0.564. The fourth-order valence-electron chi connectivity index (χ4n) is 3.23. The largest absolute Gasteiger partial charge is 0.497 e. The summed E-state index contributed by atoms with van der Waals surface area (Å²) in [6, 6.07) is 6.48. The molecule has 1 unspecified atom stereocenters. The predicted molar refractivity (Wildman–Crippen MR) is 110 cm³/mol. The Balaban J connectivity index is 1.59. The van der Waals surface area contributed by atoms with Crippen LogP contribution in [0.15, 0.2) is 34.3 Å². The van der Waals surface area contributed by atoms with Crippen LogP contribution in [-0.4, -0.2) is 70.9 Å². The Morgan fingerprint density at radius 1 is 1.24 bits per heavy atom. The number of nitrogens with zero attached hydrogens (tertiary/aromatic N) is 4. The molecule has 29 heavy (non-hydrogen) atoms. The maximum absolute atomic E-state index is 12.8. The smallest absolute Gasteiger partial charge is 0.445 e. The number of hydrogen-bond donors (Lipinski definition) is 0. The van der Waals surface area contributed by atoms with E-state index < -0.39 is 11.9 Å². The van der Waals surface area contributed by atoms with Crippen molar-refractivity contribution < 1.29 is 23.7 Å². The molecule has 2 heterocycles. The number of benzene rings is 1. The van der Waals surface area contributed by atoms with Crippen molar-refractivity contribution in [3.63, 3.8) is 0 Å². The standard InChI is InChI=1S/C20H21N4O4S/c1-23-17-15(19(26)24(2)20(23)27)18(22-16(21-17)12-4-5-12)29-10-14(25)11-6-8-13(28-3)9-7-11/h6-9,12,15H,4-5,10H2,1-3H3/q+1. The maximum atomic E-state index is 12.8. The summed E-state index contributed by atoms with van der Waals surface area (Å²) in [5, 5.41) is 0.523. The number of urea groups is 1. The van der Waals surface area contributed by atoms with Crippen molar-refractivity contribution in [3.8, 4) is 5.75 Å². The maximum Gasteiger partial charge on any atom is 0.445 e. The Bertz CT molecular complexity index is 992. The van der Waals surface area contributed by atoms with Gasteiger partial charge in [-0.3, -0.25) is 9.59 Å². The number of methoxy groups -OCH3 is 1. The lowest BCUT2D eigenvalue weighted by Crippen LogP contribution is -2.54. The molecule has 1 atom stereocenters. The van der Waals surface area contributed by atoms with Gasteiger partial charge in [0.15, 0.2) is 11.7 Å². The van der Waals surface area contributed by atoms with Gasteiger partial charge in [0.05, 0.1) is 27.0 Å². The van der Waals surface area contributed by atoms with Gasteiger partial charge in [-0.05, 0) is 37.1 Å². The minimum Gasteiger partial charge on any atom is -0.497 e. The molecule has 8 nitrogen and oxygen atoms in total. The Hall–Kier alpha value is -2.81. The summed E-state index contributed by atoms with van der Waals surface area (Å²) in [6.07, 6.45) is 1.99. The molecule has 0 spiro atoms. The van der Waals surface area contributed by atoms with Gasteiger partial charge in [0.25, 0.3) is 5.84 Å². The van der Waals surface area contributed by atoms with Gasteiger partial charge in [0, 0.05) is 11.5 Å². The second-order valence-corrected chi connectivity index (χ2v) is 8.16. The quantitative estimate of drug-likeness (QED) is 0.544. The molecule has 2 aliphatic heterocycles. The fraction of sp³-hybridized carbons (Fsp3) is 0.400. The number of hydrogen-bond acceptors (Lipinski definition) is 7. The molecule has 0 bridgehead atoms. The van der Waals surface area contributed by atoms with E-state index in [1.54, 1.807) is 38.4 Å². The van der Waals surface area contributed by atoms with Gasteiger partial charge in [-0.2, -0.15) is 9.48 Å². The molecule has 0 aromatic heterocycles. The van der Waals surface area contributed by atoms with Crippen molar-refractivity contribution in [1.82, 2.24) is 4.90 Å². The third-order valence-corrected chi connectivity index (χ3v) is 6.19. The first-order valence-corrected chi connectivity index (χ1v) is 10.3. The number of Topliss-reactive ketones (excluding diaryl/α,β-unsaturated/α-hetero) is 1. The van der Waals surface area contributed by atoms with E-state index in [0.29, 0.717) is 28.0 Å². The lowest BCUT2D eigenvalue weighted by Gasteiger charge is -2.26. The average Bonchev–Trinajstić information content (AvgIpc) is 3.59. The van der Waals surface area contributed by atoms with Crippen LogP contribution in [-0.2, 0) is 4.79 Å². The molecule has 1 aliphatic carbocycles. The van der Waals surface area contributed by atoms with E-state index >= 15 is 0 Å². The summed E-state index contributed by atoms with van der Waals surface area (Å²) < 4.78 is 6.52. The first-order valence-electron chi connectivity index (χ1n) is 9.30. The normalized spacial score (nSPS) is 21.6. The van der Waals surface area contributed by atoms with Gasteiger partial charge < -0.3 is 4.74 Å². The van der Waals surface area contributed by atoms with Crippen LogP contribution >= 0.6 is 11.8 Å². The topological polar surface area (TPSA) is 91.4 Å². The van der Waals surface area contributed by atoms with Crippen LogP contribution in [0.2, 0.25) is 0 Å². The summed E-state index contributed by atoms with van der Waals surface area (Å²) in [7, 11) is 4.63. The number of fused-ring (bicyclic) bond motifs is 1. The van der Waals surface area contributed by atoms with E-state index in [1.807, 2.05) is 0 Å². The molecule has 1 saturated carbocycles. The van der Waals surface area contributed by atoms with Gasteiger partial charge in [-0.15, -0.1) is 11.8 Å². The van der Waals surface area contributed by atoms with Crippen LogP contribution in [0.1, 0.15) is 23.2 Å². The summed E-state index contributed by atoms with van der Waals surface area (Å²) in [6.45, 7) is 0. The van der Waals surface area contributed by atoms with E-state index in [1.165, 1.54) is 23.4 Å². The highest BCUT2D eigenvalue weighted by Crippen LogP contribution is 2.35. The van der Waals surface area contributed by atoms with Crippen LogP contribution in [0.4, 0.5) is 4.79 Å². The summed E-state index contributed by atoms with van der Waals surface area (Å²) >= 11 is 1.24. The molecule has 1 fully saturated rings. The Morgan fingerprint density at radius 2 is 1.93 bits per heavy atom. The number of amidine groups is 2. The molecule has 0 N–H and O–H groups in total. The van der Waals surface area contributed by atoms with Gasteiger partial charge in [0.2, 0.25) is 5.84 Å². The number of carbonyl (C=O) groups is 3. The molecule has 4 rings (SSSR count). The van der Waals surface area contributed by atoms with Crippen molar-refractivity contribution in [2.24, 2.45) is 21.8 Å². The highest BCUT2D eigenvalue weighted by atomic mass is 32.2. The molecule has 9 heteroatoms. The van der Waals surface area contributed by atoms with Gasteiger partial charge in [0.1, 0.15) is 10.8 Å². The van der Waals surface area contributed by atoms with Crippen molar-refractivity contribution in [2.45, 2.75) is 12.8 Å². The van der Waals surface area contributed by atoms with Crippen molar-refractivity contribution in [1.29, 1.82) is 0 Å². The second-order valence-electron chi connectivity index (χ2n) is 7.16. The lowest BCUT2D eigenvalue weighted by atomic mass is 10.0. The Labute approximate surface area is 172 Å². The molecule has 0 saturated heterocycles. The SMILES string of the molecule is COc1ccc(C(=O)CSC2=NC(C3CC3)=NC3=[N+](C)C(=O)N(C)C(=O)C23)cc1. The predicted octanol–water partition coefficient (Wildman–Crippen LogP) is 2.08. The number of carbonyl (C=O) groups excluding carboxylic acids is 3. The highest BCUT2D eigenvalue weighted by Gasteiger charge is 2.50. The summed E-state index contributed by atoms with van der Waals surface area (Å²) in [4.78, 5) is 48.0. The number of ketones is 1. The second kappa shape index (κ2) is 7.55. The van der Waals surface area contributed by atoms with Crippen molar-refractivity contribution >= 4 is 46.2 Å². The van der Waals surface area contributed by atoms with E-state index in [4.69, 9.17) is 4.74 Å². The molecule has 1 aromatic rings. The van der Waals surface area contributed by atoms with Crippen LogP contribution < -0.4 is 4.74 Å². The lowest BCUT2D eigenvalue weighted by molar-refractivity contribution is -0.407.